The fourth-order valence-electron chi connectivity index (χ4n) is 2.57. The van der Waals surface area contributed by atoms with E-state index in [1.165, 1.54) is 48.0 Å². The third kappa shape index (κ3) is 5.84. The zero-order chi connectivity index (χ0) is 21.7. The predicted octanol–water partition coefficient (Wildman–Crippen LogP) is 3.82. The minimum absolute atomic E-state index is 0.101. The summed E-state index contributed by atoms with van der Waals surface area (Å²) in [6.45, 7) is 3.40. The highest BCUT2D eigenvalue weighted by Crippen LogP contribution is 2.30. The van der Waals surface area contributed by atoms with Gasteiger partial charge < -0.3 is 14.6 Å². The summed E-state index contributed by atoms with van der Waals surface area (Å²) in [7, 11) is 1.51. The molecule has 0 fully saturated rings. The molecule has 0 atom stereocenters. The summed E-state index contributed by atoms with van der Waals surface area (Å²) in [5.41, 5.74) is 0.305. The molecule has 30 heavy (non-hydrogen) atoms. The molecule has 3 rings (SSSR count). The molecule has 6 nitrogen and oxygen atoms in total. The van der Waals surface area contributed by atoms with Crippen LogP contribution in [0.3, 0.4) is 0 Å². The van der Waals surface area contributed by atoms with E-state index in [1.54, 1.807) is 44.2 Å². The van der Waals surface area contributed by atoms with E-state index in [1.807, 2.05) is 0 Å². The van der Waals surface area contributed by atoms with Crippen molar-refractivity contribution in [1.29, 1.82) is 0 Å². The maximum absolute atomic E-state index is 13.0. The summed E-state index contributed by atoms with van der Waals surface area (Å²) in [4.78, 5) is 16.9. The zero-order valence-corrected chi connectivity index (χ0v) is 17.8. The molecule has 0 aliphatic carbocycles. The summed E-state index contributed by atoms with van der Waals surface area (Å²) in [5.74, 6) is 1.21. The molecule has 0 aliphatic rings. The fourth-order valence-corrected chi connectivity index (χ4v) is 3.39. The summed E-state index contributed by atoms with van der Waals surface area (Å²) in [6, 6.07) is 12.8. The smallest absolute Gasteiger partial charge is 0.258 e. The minimum atomic E-state index is -0.980. The summed E-state index contributed by atoms with van der Waals surface area (Å²) in [6.07, 6.45) is 1.46. The van der Waals surface area contributed by atoms with Crippen LogP contribution in [0.1, 0.15) is 19.4 Å². The van der Waals surface area contributed by atoms with Gasteiger partial charge in [-0.05, 0) is 43.7 Å². The molecule has 0 amide bonds. The molecule has 0 bridgehead atoms. The third-order valence-electron chi connectivity index (χ3n) is 4.09. The van der Waals surface area contributed by atoms with E-state index >= 15 is 0 Å². The zero-order valence-electron chi connectivity index (χ0n) is 17.0. The van der Waals surface area contributed by atoms with Gasteiger partial charge in [0.25, 0.3) is 5.56 Å². The first-order valence-corrected chi connectivity index (χ1v) is 10.2. The Morgan fingerprint density at radius 1 is 1.13 bits per heavy atom. The Labute approximate surface area is 178 Å². The van der Waals surface area contributed by atoms with Crippen molar-refractivity contribution in [2.45, 2.75) is 30.2 Å². The van der Waals surface area contributed by atoms with Crippen molar-refractivity contribution in [2.75, 3.05) is 13.7 Å². The fraction of sp³-hybridized carbons (Fsp3) is 0.273. The molecule has 0 saturated carbocycles. The first-order chi connectivity index (χ1) is 14.2. The largest absolute Gasteiger partial charge is 0.493 e. The number of aliphatic hydroxyl groups is 1. The van der Waals surface area contributed by atoms with E-state index in [0.29, 0.717) is 28.0 Å². The van der Waals surface area contributed by atoms with Gasteiger partial charge in [-0.1, -0.05) is 12.1 Å². The van der Waals surface area contributed by atoms with Crippen molar-refractivity contribution in [3.05, 3.63) is 76.6 Å². The van der Waals surface area contributed by atoms with Gasteiger partial charge >= 0.3 is 0 Å². The van der Waals surface area contributed by atoms with Crippen molar-refractivity contribution in [1.82, 2.24) is 9.55 Å². The maximum Gasteiger partial charge on any atom is 0.258 e. The van der Waals surface area contributed by atoms with Gasteiger partial charge in [0.1, 0.15) is 23.8 Å². The van der Waals surface area contributed by atoms with Crippen LogP contribution in [-0.4, -0.2) is 34.0 Å². The van der Waals surface area contributed by atoms with E-state index in [2.05, 4.69) is 4.98 Å². The van der Waals surface area contributed by atoms with E-state index in [-0.39, 0.29) is 18.0 Å². The second-order valence-corrected chi connectivity index (χ2v) is 8.28. The number of thioether (sulfide) groups is 1. The van der Waals surface area contributed by atoms with Gasteiger partial charge in [-0.25, -0.2) is 9.37 Å². The first kappa shape index (κ1) is 21.9. The first-order valence-electron chi connectivity index (χ1n) is 9.25. The van der Waals surface area contributed by atoms with Crippen molar-refractivity contribution in [3.8, 4) is 17.2 Å². The molecule has 8 heteroatoms. The Morgan fingerprint density at radius 3 is 2.50 bits per heavy atom. The Hall–Kier alpha value is -2.84. The molecule has 2 aromatic carbocycles. The number of hydrogen-bond acceptors (Lipinski definition) is 6. The molecule has 0 unspecified atom stereocenters. The quantitative estimate of drug-likeness (QED) is 0.433. The lowest BCUT2D eigenvalue weighted by molar-refractivity contribution is 0.0276. The lowest BCUT2D eigenvalue weighted by atomic mass is 10.2. The lowest BCUT2D eigenvalue weighted by Gasteiger charge is -2.19. The molecule has 158 valence electrons. The maximum atomic E-state index is 13.0. The normalized spacial score (nSPS) is 11.4. The average molecular weight is 431 g/mol. The monoisotopic (exact) mass is 430 g/mol. The van der Waals surface area contributed by atoms with Gasteiger partial charge in [0.15, 0.2) is 11.5 Å². The highest BCUT2D eigenvalue weighted by Gasteiger charge is 2.16. The molecule has 0 radical (unpaired) electrons. The van der Waals surface area contributed by atoms with Crippen LogP contribution in [0, 0.1) is 5.82 Å². The SMILES string of the molecule is COc1cc(-n2cnc(SCc3ccc(F)cc3)cc2=O)ccc1OCC(C)(C)O. The van der Waals surface area contributed by atoms with E-state index in [0.717, 1.165) is 5.56 Å². The molecule has 0 saturated heterocycles. The number of methoxy groups -OCH3 is 1. The molecule has 0 spiro atoms. The number of rotatable bonds is 8. The van der Waals surface area contributed by atoms with Gasteiger partial charge in [0.2, 0.25) is 0 Å². The minimum Gasteiger partial charge on any atom is -0.493 e. The number of halogens is 1. The van der Waals surface area contributed by atoms with E-state index < -0.39 is 5.60 Å². The lowest BCUT2D eigenvalue weighted by Crippen LogP contribution is -2.28. The second-order valence-electron chi connectivity index (χ2n) is 7.29. The number of aromatic nitrogens is 2. The molecule has 0 aliphatic heterocycles. The molecule has 3 aromatic rings. The summed E-state index contributed by atoms with van der Waals surface area (Å²) < 4.78 is 25.4. The van der Waals surface area contributed by atoms with Crippen molar-refractivity contribution in [2.24, 2.45) is 0 Å². The van der Waals surface area contributed by atoms with Gasteiger partial charge in [-0.2, -0.15) is 0 Å². The molecular formula is C22H23FN2O4S. The van der Waals surface area contributed by atoms with Crippen LogP contribution in [0.4, 0.5) is 4.39 Å². The van der Waals surface area contributed by atoms with E-state index in [9.17, 15) is 14.3 Å². The van der Waals surface area contributed by atoms with Crippen LogP contribution in [-0.2, 0) is 5.75 Å². The highest BCUT2D eigenvalue weighted by atomic mass is 32.2. The Balaban J connectivity index is 1.75. The van der Waals surface area contributed by atoms with Gasteiger partial charge in [0.05, 0.1) is 18.4 Å². The molecule has 1 aromatic heterocycles. The third-order valence-corrected chi connectivity index (χ3v) is 5.09. The van der Waals surface area contributed by atoms with Crippen LogP contribution < -0.4 is 15.0 Å². The van der Waals surface area contributed by atoms with Crippen LogP contribution in [0.15, 0.2) is 64.7 Å². The number of ether oxygens (including phenoxy) is 2. The summed E-state index contributed by atoms with van der Waals surface area (Å²) in [5, 5.41) is 10.4. The Morgan fingerprint density at radius 2 is 1.87 bits per heavy atom. The molecular weight excluding hydrogens is 407 g/mol. The van der Waals surface area contributed by atoms with Gasteiger partial charge in [0, 0.05) is 17.9 Å². The van der Waals surface area contributed by atoms with Gasteiger partial charge in [-0.3, -0.25) is 9.36 Å². The Bertz CT molecular complexity index is 1060. The van der Waals surface area contributed by atoms with Gasteiger partial charge in [-0.15, -0.1) is 11.8 Å². The molecule has 1 heterocycles. The Kier molecular flexibility index (Phi) is 6.79. The van der Waals surface area contributed by atoms with Crippen LogP contribution in [0.25, 0.3) is 5.69 Å². The molecule has 1 N–H and O–H groups in total. The number of nitrogens with zero attached hydrogens (tertiary/aromatic N) is 2. The standard InChI is InChI=1S/C22H23FN2O4S/c1-22(2,27)13-29-18-9-8-17(10-19(18)28-3)25-14-24-20(11-21(25)26)30-12-15-4-6-16(23)7-5-15/h4-11,14,27H,12-13H2,1-3H3. The second kappa shape index (κ2) is 9.32. The van der Waals surface area contributed by atoms with Crippen molar-refractivity contribution < 1.29 is 19.0 Å². The number of hydrogen-bond donors (Lipinski definition) is 1. The predicted molar refractivity (Wildman–Crippen MR) is 114 cm³/mol. The van der Waals surface area contributed by atoms with Crippen LogP contribution >= 0.6 is 11.8 Å². The van der Waals surface area contributed by atoms with Crippen LogP contribution in [0.2, 0.25) is 0 Å². The van der Waals surface area contributed by atoms with Crippen molar-refractivity contribution in [3.63, 3.8) is 0 Å². The van der Waals surface area contributed by atoms with E-state index in [4.69, 9.17) is 9.47 Å². The van der Waals surface area contributed by atoms with Crippen molar-refractivity contribution >= 4 is 11.8 Å². The average Bonchev–Trinajstić information content (AvgIpc) is 2.71. The van der Waals surface area contributed by atoms with Crippen LogP contribution in [0.5, 0.6) is 11.5 Å². The summed E-state index contributed by atoms with van der Waals surface area (Å²) >= 11 is 1.40. The number of benzene rings is 2. The highest BCUT2D eigenvalue weighted by molar-refractivity contribution is 7.98. The topological polar surface area (TPSA) is 73.6 Å².